The number of hydrogen-bond acceptors (Lipinski definition) is 6. The van der Waals surface area contributed by atoms with Gasteiger partial charge in [0.2, 0.25) is 0 Å². The lowest BCUT2D eigenvalue weighted by atomic mass is 9.77. The van der Waals surface area contributed by atoms with Gasteiger partial charge in [-0.3, -0.25) is 9.69 Å². The van der Waals surface area contributed by atoms with Gasteiger partial charge in [0.1, 0.15) is 11.6 Å². The fourth-order valence-corrected chi connectivity index (χ4v) is 6.88. The van der Waals surface area contributed by atoms with E-state index in [-0.39, 0.29) is 12.0 Å². The summed E-state index contributed by atoms with van der Waals surface area (Å²) in [7, 11) is 0. The minimum atomic E-state index is -0.0738. The standard InChI is InChI=1S/C30H41N7O2/c38-26-7-5-25(6-8-26)36-17-10-30(11-18-36)9-16-35(22-30)19-23-1-3-24(4-2-23)29(39)37(20-27-31-12-13-32-27)21-28-33-14-15-34-28/h1-4,12-15,25-26,38H,5-11,16-22H2,(H,31,32)(H,33,34). The van der Waals surface area contributed by atoms with Crippen LogP contribution >= 0.6 is 0 Å². The van der Waals surface area contributed by atoms with Gasteiger partial charge in [0.05, 0.1) is 19.2 Å². The van der Waals surface area contributed by atoms with E-state index in [4.69, 9.17) is 0 Å². The van der Waals surface area contributed by atoms with Crippen molar-refractivity contribution in [1.29, 1.82) is 0 Å². The number of aromatic nitrogens is 4. The average Bonchev–Trinajstić information content (AvgIpc) is 3.74. The fourth-order valence-electron chi connectivity index (χ4n) is 6.88. The second-order valence-corrected chi connectivity index (χ2v) is 11.9. The molecule has 9 heteroatoms. The van der Waals surface area contributed by atoms with Crippen LogP contribution in [0.2, 0.25) is 0 Å². The number of nitrogens with one attached hydrogen (secondary N) is 2. The van der Waals surface area contributed by atoms with Crippen LogP contribution in [0.15, 0.2) is 49.1 Å². The number of piperidine rings is 1. The number of aliphatic hydroxyl groups excluding tert-OH is 1. The van der Waals surface area contributed by atoms with Gasteiger partial charge < -0.3 is 24.9 Å². The third-order valence-corrected chi connectivity index (χ3v) is 9.24. The van der Waals surface area contributed by atoms with E-state index in [0.29, 0.717) is 30.1 Å². The lowest BCUT2D eigenvalue weighted by Gasteiger charge is -2.44. The normalized spacial score (nSPS) is 23.8. The van der Waals surface area contributed by atoms with Crippen molar-refractivity contribution in [3.8, 4) is 0 Å². The molecule has 2 saturated heterocycles. The Morgan fingerprint density at radius 2 is 1.54 bits per heavy atom. The Morgan fingerprint density at radius 1 is 0.923 bits per heavy atom. The summed E-state index contributed by atoms with van der Waals surface area (Å²) in [5.41, 5.74) is 2.39. The number of H-pyrrole nitrogens is 2. The maximum Gasteiger partial charge on any atom is 0.254 e. The smallest absolute Gasteiger partial charge is 0.254 e. The van der Waals surface area contributed by atoms with Gasteiger partial charge in [-0.15, -0.1) is 0 Å². The molecule has 3 aromatic rings. The quantitative estimate of drug-likeness (QED) is 0.411. The Morgan fingerprint density at radius 3 is 2.13 bits per heavy atom. The van der Waals surface area contributed by atoms with E-state index in [2.05, 4.69) is 41.9 Å². The van der Waals surface area contributed by atoms with Crippen LogP contribution in [0.3, 0.4) is 0 Å². The molecule has 2 aliphatic heterocycles. The molecule has 1 aromatic carbocycles. The Balaban J connectivity index is 1.03. The molecule has 1 spiro atoms. The van der Waals surface area contributed by atoms with E-state index in [1.54, 1.807) is 29.7 Å². The monoisotopic (exact) mass is 531 g/mol. The Hall–Kier alpha value is -3.01. The third kappa shape index (κ3) is 6.26. The van der Waals surface area contributed by atoms with Gasteiger partial charge in [0.15, 0.2) is 0 Å². The number of hydrogen-bond donors (Lipinski definition) is 3. The Kier molecular flexibility index (Phi) is 7.81. The minimum absolute atomic E-state index is 0.0336. The first kappa shape index (κ1) is 26.2. The van der Waals surface area contributed by atoms with E-state index in [0.717, 1.165) is 50.4 Å². The predicted octanol–water partition coefficient (Wildman–Crippen LogP) is 3.57. The van der Waals surface area contributed by atoms with Crippen molar-refractivity contribution >= 4 is 5.91 Å². The van der Waals surface area contributed by atoms with E-state index < -0.39 is 0 Å². The van der Waals surface area contributed by atoms with Crippen molar-refractivity contribution in [2.24, 2.45) is 5.41 Å². The fraction of sp³-hybridized carbons (Fsp3) is 0.567. The number of amides is 1. The van der Waals surface area contributed by atoms with Gasteiger partial charge in [0.25, 0.3) is 5.91 Å². The molecule has 0 unspecified atom stereocenters. The zero-order valence-corrected chi connectivity index (χ0v) is 22.8. The first-order chi connectivity index (χ1) is 19.1. The summed E-state index contributed by atoms with van der Waals surface area (Å²) in [5, 5.41) is 9.85. The molecular formula is C30H41N7O2. The molecule has 6 rings (SSSR count). The molecule has 2 aromatic heterocycles. The summed E-state index contributed by atoms with van der Waals surface area (Å²) in [6.07, 6.45) is 15.0. The van der Waals surface area contributed by atoms with Crippen LogP contribution in [0.25, 0.3) is 0 Å². The van der Waals surface area contributed by atoms with Gasteiger partial charge in [-0.25, -0.2) is 9.97 Å². The maximum absolute atomic E-state index is 13.4. The lowest BCUT2D eigenvalue weighted by molar-refractivity contribution is 0.0340. The van der Waals surface area contributed by atoms with Crippen LogP contribution < -0.4 is 0 Å². The van der Waals surface area contributed by atoms with E-state index in [1.165, 1.54) is 44.5 Å². The second kappa shape index (κ2) is 11.6. The number of nitrogens with zero attached hydrogens (tertiary/aromatic N) is 5. The molecule has 0 radical (unpaired) electrons. The van der Waals surface area contributed by atoms with E-state index in [9.17, 15) is 9.90 Å². The third-order valence-electron chi connectivity index (χ3n) is 9.24. The van der Waals surface area contributed by atoms with Crippen LogP contribution in [0.4, 0.5) is 0 Å². The zero-order chi connectivity index (χ0) is 26.7. The van der Waals surface area contributed by atoms with Gasteiger partial charge >= 0.3 is 0 Å². The van der Waals surface area contributed by atoms with Crippen molar-refractivity contribution in [1.82, 2.24) is 34.6 Å². The number of aliphatic hydroxyl groups is 1. The summed E-state index contributed by atoms with van der Waals surface area (Å²) in [4.78, 5) is 35.3. The summed E-state index contributed by atoms with van der Waals surface area (Å²) in [5.74, 6) is 1.46. The van der Waals surface area contributed by atoms with Crippen LogP contribution in [0, 0.1) is 5.41 Å². The van der Waals surface area contributed by atoms with Gasteiger partial charge in [-0.05, 0) is 87.7 Å². The molecule has 1 amide bonds. The molecule has 3 aliphatic rings. The predicted molar refractivity (Wildman–Crippen MR) is 149 cm³/mol. The molecule has 9 nitrogen and oxygen atoms in total. The molecule has 4 heterocycles. The number of rotatable bonds is 8. The number of likely N-dealkylation sites (tertiary alicyclic amines) is 2. The molecular weight excluding hydrogens is 490 g/mol. The van der Waals surface area contributed by atoms with Crippen LogP contribution in [-0.2, 0) is 19.6 Å². The lowest BCUT2D eigenvalue weighted by Crippen LogP contribution is -2.47. The molecule has 1 aliphatic carbocycles. The van der Waals surface area contributed by atoms with Gasteiger partial charge in [-0.1, -0.05) is 12.1 Å². The summed E-state index contributed by atoms with van der Waals surface area (Å²) < 4.78 is 0. The Labute approximate surface area is 230 Å². The van der Waals surface area contributed by atoms with Crippen LogP contribution in [0.5, 0.6) is 0 Å². The summed E-state index contributed by atoms with van der Waals surface area (Å²) in [6.45, 7) is 6.45. The van der Waals surface area contributed by atoms with Crippen molar-refractivity contribution in [2.75, 3.05) is 26.2 Å². The largest absolute Gasteiger partial charge is 0.393 e. The highest BCUT2D eigenvalue weighted by atomic mass is 16.3. The first-order valence-electron chi connectivity index (χ1n) is 14.5. The van der Waals surface area contributed by atoms with Crippen molar-refractivity contribution in [2.45, 2.75) is 76.7 Å². The highest BCUT2D eigenvalue weighted by Crippen LogP contribution is 2.42. The second-order valence-electron chi connectivity index (χ2n) is 11.9. The minimum Gasteiger partial charge on any atom is -0.393 e. The highest BCUT2D eigenvalue weighted by Gasteiger charge is 2.41. The first-order valence-corrected chi connectivity index (χ1v) is 14.5. The number of carbonyl (C=O) groups excluding carboxylic acids is 1. The van der Waals surface area contributed by atoms with E-state index in [1.807, 2.05) is 12.1 Å². The zero-order valence-electron chi connectivity index (χ0n) is 22.8. The number of benzene rings is 1. The number of imidazole rings is 2. The Bertz CT molecular complexity index is 1140. The number of carbonyl (C=O) groups is 1. The molecule has 3 N–H and O–H groups in total. The molecule has 208 valence electrons. The number of aromatic amines is 2. The van der Waals surface area contributed by atoms with Crippen molar-refractivity contribution in [3.05, 3.63) is 71.8 Å². The topological polar surface area (TPSA) is 104 Å². The average molecular weight is 532 g/mol. The van der Waals surface area contributed by atoms with Crippen molar-refractivity contribution < 1.29 is 9.90 Å². The molecule has 39 heavy (non-hydrogen) atoms. The molecule has 0 atom stereocenters. The van der Waals surface area contributed by atoms with Crippen LogP contribution in [0.1, 0.15) is 72.5 Å². The highest BCUT2D eigenvalue weighted by molar-refractivity contribution is 5.94. The van der Waals surface area contributed by atoms with Crippen molar-refractivity contribution in [3.63, 3.8) is 0 Å². The molecule has 1 saturated carbocycles. The molecule has 3 fully saturated rings. The molecule has 0 bridgehead atoms. The summed E-state index contributed by atoms with van der Waals surface area (Å²) >= 11 is 0. The SMILES string of the molecule is O=C(c1ccc(CN2CCC3(CCN(C4CCC(O)CC4)CC3)C2)cc1)N(Cc1ncc[nH]1)Cc1ncc[nH]1. The summed E-state index contributed by atoms with van der Waals surface area (Å²) in [6, 6.07) is 8.81. The van der Waals surface area contributed by atoms with Gasteiger partial charge in [0, 0.05) is 49.5 Å². The van der Waals surface area contributed by atoms with Gasteiger partial charge in [-0.2, -0.15) is 0 Å². The van der Waals surface area contributed by atoms with E-state index >= 15 is 0 Å². The maximum atomic E-state index is 13.4. The van der Waals surface area contributed by atoms with Crippen LogP contribution in [-0.4, -0.2) is 84.0 Å².